The molecule has 0 amide bonds. The molecule has 30 heavy (non-hydrogen) atoms. The normalized spacial score (nSPS) is 12.4. The molecule has 0 saturated carbocycles. The van der Waals surface area contributed by atoms with Crippen molar-refractivity contribution in [1.29, 1.82) is 0 Å². The Balaban J connectivity index is 1.82. The molecule has 2 aromatic heterocycles. The van der Waals surface area contributed by atoms with Crippen LogP contribution in [0.4, 0.5) is 13.2 Å². The van der Waals surface area contributed by atoms with Crippen molar-refractivity contribution < 1.29 is 21.6 Å². The van der Waals surface area contributed by atoms with Crippen LogP contribution in [0.5, 0.6) is 0 Å². The van der Waals surface area contributed by atoms with E-state index in [1.54, 1.807) is 36.5 Å². The van der Waals surface area contributed by atoms with Gasteiger partial charge in [0.05, 0.1) is 21.5 Å². The largest absolute Gasteiger partial charge is 0.416 e. The Morgan fingerprint density at radius 3 is 2.40 bits per heavy atom. The number of nitrogens with zero attached hydrogens (tertiary/aromatic N) is 3. The minimum absolute atomic E-state index is 0.235. The van der Waals surface area contributed by atoms with Crippen molar-refractivity contribution in [2.24, 2.45) is 0 Å². The molecule has 0 aliphatic heterocycles. The van der Waals surface area contributed by atoms with Crippen LogP contribution in [0.25, 0.3) is 11.0 Å². The summed E-state index contributed by atoms with van der Waals surface area (Å²) in [4.78, 5) is 8.20. The molecule has 2 aromatic carbocycles. The number of imidazole rings is 1. The molecule has 0 atom stereocenters. The van der Waals surface area contributed by atoms with E-state index in [1.165, 1.54) is 0 Å². The molecule has 9 heteroatoms. The molecular formula is C21H16F3N3O2S. The summed E-state index contributed by atoms with van der Waals surface area (Å²) in [7, 11) is -4.31. The van der Waals surface area contributed by atoms with Gasteiger partial charge in [-0.05, 0) is 48.9 Å². The van der Waals surface area contributed by atoms with Crippen molar-refractivity contribution in [3.05, 3.63) is 90.0 Å². The number of pyridine rings is 1. The average molecular weight is 431 g/mol. The topological polar surface area (TPSA) is 64.8 Å². The van der Waals surface area contributed by atoms with Crippen LogP contribution in [0.15, 0.2) is 77.8 Å². The first-order valence-electron chi connectivity index (χ1n) is 9.06. The summed E-state index contributed by atoms with van der Waals surface area (Å²) >= 11 is 0. The van der Waals surface area contributed by atoms with Crippen LogP contribution in [-0.4, -0.2) is 22.4 Å². The van der Waals surface area contributed by atoms with Gasteiger partial charge in [0, 0.05) is 18.3 Å². The zero-order valence-corrected chi connectivity index (χ0v) is 16.4. The molecular weight excluding hydrogens is 415 g/mol. The first-order chi connectivity index (χ1) is 14.3. The Labute approximate surface area is 170 Å². The Hall–Kier alpha value is -3.20. The standard InChI is InChI=1S/C21H16F3N3O2S/c22-21(23,24)15-6-5-8-17(14-15)30(28,29)27-19-10-2-1-9-18(19)26-20(27)12-11-16-7-3-4-13-25-16/h1-10,13-14H,11-12H2. The number of alkyl halides is 3. The van der Waals surface area contributed by atoms with Crippen LogP contribution >= 0.6 is 0 Å². The lowest BCUT2D eigenvalue weighted by atomic mass is 10.2. The Bertz CT molecular complexity index is 1300. The van der Waals surface area contributed by atoms with Crippen LogP contribution in [0.3, 0.4) is 0 Å². The number of para-hydroxylation sites is 2. The molecule has 5 nitrogen and oxygen atoms in total. The van der Waals surface area contributed by atoms with Gasteiger partial charge < -0.3 is 0 Å². The molecule has 0 aliphatic rings. The average Bonchev–Trinajstić information content (AvgIpc) is 3.12. The van der Waals surface area contributed by atoms with Gasteiger partial charge in [-0.15, -0.1) is 0 Å². The molecule has 2 heterocycles. The number of aryl methyl sites for hydroxylation is 2. The maximum Gasteiger partial charge on any atom is 0.416 e. The van der Waals surface area contributed by atoms with Gasteiger partial charge in [0.15, 0.2) is 0 Å². The SMILES string of the molecule is O=S(=O)(c1cccc(C(F)(F)F)c1)n1c(CCc2ccccn2)nc2ccccc21. The molecule has 154 valence electrons. The fourth-order valence-corrected chi connectivity index (χ4v) is 4.76. The summed E-state index contributed by atoms with van der Waals surface area (Å²) in [6.45, 7) is 0. The Kier molecular flexibility index (Phi) is 5.07. The van der Waals surface area contributed by atoms with Crippen molar-refractivity contribution in [1.82, 2.24) is 13.9 Å². The van der Waals surface area contributed by atoms with Crippen LogP contribution in [0.1, 0.15) is 17.1 Å². The zero-order chi connectivity index (χ0) is 21.4. The van der Waals surface area contributed by atoms with Gasteiger partial charge >= 0.3 is 6.18 Å². The maximum absolute atomic E-state index is 13.4. The van der Waals surface area contributed by atoms with Gasteiger partial charge in [-0.25, -0.2) is 17.4 Å². The van der Waals surface area contributed by atoms with Gasteiger partial charge in [-0.3, -0.25) is 4.98 Å². The van der Waals surface area contributed by atoms with Crippen molar-refractivity contribution in [3.63, 3.8) is 0 Å². The lowest BCUT2D eigenvalue weighted by Crippen LogP contribution is -2.17. The fraction of sp³-hybridized carbons (Fsp3) is 0.143. The van der Waals surface area contributed by atoms with Crippen molar-refractivity contribution in [2.45, 2.75) is 23.9 Å². The third-order valence-corrected chi connectivity index (χ3v) is 6.35. The van der Waals surface area contributed by atoms with E-state index in [0.717, 1.165) is 27.9 Å². The quantitative estimate of drug-likeness (QED) is 0.468. The number of hydrogen-bond donors (Lipinski definition) is 0. The summed E-state index contributed by atoms with van der Waals surface area (Å²) in [5, 5.41) is 0. The number of benzene rings is 2. The second-order valence-corrected chi connectivity index (χ2v) is 8.42. The molecule has 0 bridgehead atoms. The lowest BCUT2D eigenvalue weighted by Gasteiger charge is -2.13. The highest BCUT2D eigenvalue weighted by atomic mass is 32.2. The minimum Gasteiger partial charge on any atom is -0.261 e. The molecule has 0 radical (unpaired) electrons. The Morgan fingerprint density at radius 2 is 1.67 bits per heavy atom. The van der Waals surface area contributed by atoms with Crippen molar-refractivity contribution in [2.75, 3.05) is 0 Å². The number of aromatic nitrogens is 3. The molecule has 4 rings (SSSR count). The Morgan fingerprint density at radius 1 is 0.900 bits per heavy atom. The van der Waals surface area contributed by atoms with Crippen molar-refractivity contribution >= 4 is 21.1 Å². The summed E-state index contributed by atoms with van der Waals surface area (Å²) in [5.41, 5.74) is 0.491. The highest BCUT2D eigenvalue weighted by Crippen LogP contribution is 2.32. The first-order valence-corrected chi connectivity index (χ1v) is 10.5. The second kappa shape index (κ2) is 7.56. The van der Waals surface area contributed by atoms with E-state index in [0.29, 0.717) is 23.5 Å². The van der Waals surface area contributed by atoms with E-state index in [2.05, 4.69) is 9.97 Å². The smallest absolute Gasteiger partial charge is 0.261 e. The van der Waals surface area contributed by atoms with Gasteiger partial charge in [-0.1, -0.05) is 24.3 Å². The summed E-state index contributed by atoms with van der Waals surface area (Å²) in [5.74, 6) is 0.235. The lowest BCUT2D eigenvalue weighted by molar-refractivity contribution is -0.137. The van der Waals surface area contributed by atoms with E-state index in [9.17, 15) is 21.6 Å². The number of hydrogen-bond acceptors (Lipinski definition) is 4. The number of halogens is 3. The summed E-state index contributed by atoms with van der Waals surface area (Å²) in [6, 6.07) is 15.8. The van der Waals surface area contributed by atoms with Crippen LogP contribution < -0.4 is 0 Å². The predicted molar refractivity (Wildman–Crippen MR) is 105 cm³/mol. The van der Waals surface area contributed by atoms with Gasteiger partial charge in [0.2, 0.25) is 0 Å². The zero-order valence-electron chi connectivity index (χ0n) is 15.5. The van der Waals surface area contributed by atoms with E-state index in [-0.39, 0.29) is 12.2 Å². The van der Waals surface area contributed by atoms with Crippen molar-refractivity contribution in [3.8, 4) is 0 Å². The van der Waals surface area contributed by atoms with E-state index in [1.807, 2.05) is 12.1 Å². The number of fused-ring (bicyclic) bond motifs is 1. The minimum atomic E-state index is -4.65. The molecule has 0 fully saturated rings. The predicted octanol–water partition coefficient (Wildman–Crippen LogP) is 4.47. The molecule has 0 saturated heterocycles. The van der Waals surface area contributed by atoms with Gasteiger partial charge in [0.1, 0.15) is 5.82 Å². The third kappa shape index (κ3) is 3.80. The molecule has 0 aliphatic carbocycles. The molecule has 0 N–H and O–H groups in total. The summed E-state index contributed by atoms with van der Waals surface area (Å²) in [6.07, 6.45) is -2.33. The van der Waals surface area contributed by atoms with Gasteiger partial charge in [-0.2, -0.15) is 13.2 Å². The monoisotopic (exact) mass is 431 g/mol. The van der Waals surface area contributed by atoms with Crippen LogP contribution in [0, 0.1) is 0 Å². The summed E-state index contributed by atoms with van der Waals surface area (Å²) < 4.78 is 67.1. The molecule has 4 aromatic rings. The van der Waals surface area contributed by atoms with Crippen LogP contribution in [-0.2, 0) is 29.0 Å². The third-order valence-electron chi connectivity index (χ3n) is 4.61. The van der Waals surface area contributed by atoms with Crippen LogP contribution in [0.2, 0.25) is 0 Å². The highest BCUT2D eigenvalue weighted by molar-refractivity contribution is 7.90. The van der Waals surface area contributed by atoms with E-state index < -0.39 is 26.7 Å². The van der Waals surface area contributed by atoms with E-state index in [4.69, 9.17) is 0 Å². The number of rotatable bonds is 5. The van der Waals surface area contributed by atoms with E-state index >= 15 is 0 Å². The maximum atomic E-state index is 13.4. The highest BCUT2D eigenvalue weighted by Gasteiger charge is 2.32. The van der Waals surface area contributed by atoms with Gasteiger partial charge in [0.25, 0.3) is 10.0 Å². The fourth-order valence-electron chi connectivity index (χ4n) is 3.20. The molecule has 0 unspecified atom stereocenters. The second-order valence-electron chi connectivity index (χ2n) is 6.63. The first kappa shape index (κ1) is 20.1. The molecule has 0 spiro atoms.